The molecule has 3 aliphatic heterocycles. The normalized spacial score (nSPS) is 33.1. The average molecular weight is 343 g/mol. The number of urea groups is 1. The minimum atomic E-state index is -0.0903. The van der Waals surface area contributed by atoms with Gasteiger partial charge >= 0.3 is 6.03 Å². The van der Waals surface area contributed by atoms with Crippen LogP contribution < -0.4 is 5.32 Å². The van der Waals surface area contributed by atoms with E-state index >= 15 is 0 Å². The summed E-state index contributed by atoms with van der Waals surface area (Å²) in [6, 6.07) is 8.07. The quantitative estimate of drug-likeness (QED) is 0.914. The first-order valence-corrected chi connectivity index (χ1v) is 9.49. The molecule has 4 atom stereocenters. The molecule has 1 spiro atoms. The molecule has 25 heavy (non-hydrogen) atoms. The van der Waals surface area contributed by atoms with Gasteiger partial charge in [0, 0.05) is 30.6 Å². The molecule has 1 N–H and O–H groups in total. The summed E-state index contributed by atoms with van der Waals surface area (Å²) < 4.78 is 6.42. The Morgan fingerprint density at radius 1 is 1.40 bits per heavy atom. The molecule has 0 unspecified atom stereocenters. The number of hydrogen-bond acceptors (Lipinski definition) is 3. The molecule has 0 radical (unpaired) electrons. The zero-order valence-corrected chi connectivity index (χ0v) is 15.5. The number of aryl methyl sites for hydroxylation is 1. The predicted octanol–water partition coefficient (Wildman–Crippen LogP) is 2.82. The molecule has 5 heteroatoms. The summed E-state index contributed by atoms with van der Waals surface area (Å²) in [4.78, 5) is 17.1. The van der Waals surface area contributed by atoms with E-state index in [9.17, 15) is 4.79 Å². The third-order valence-corrected chi connectivity index (χ3v) is 6.29. The van der Waals surface area contributed by atoms with Crippen molar-refractivity contribution in [2.24, 2.45) is 11.8 Å². The van der Waals surface area contributed by atoms with Gasteiger partial charge in [-0.2, -0.15) is 0 Å². The third kappa shape index (κ3) is 2.83. The SMILES string of the molecule is CCc1ccccc1NC(=O)N1C[C@@H]2[C@H](CN(C)C)[C@H]3CC[C@]2(C1)O3. The zero-order valence-electron chi connectivity index (χ0n) is 15.5. The minimum Gasteiger partial charge on any atom is -0.369 e. The Bertz CT molecular complexity index is 662. The largest absolute Gasteiger partial charge is 0.369 e. The van der Waals surface area contributed by atoms with Crippen molar-refractivity contribution in [3.05, 3.63) is 29.8 Å². The summed E-state index contributed by atoms with van der Waals surface area (Å²) >= 11 is 0. The fourth-order valence-electron chi connectivity index (χ4n) is 5.16. The van der Waals surface area contributed by atoms with Crippen LogP contribution in [0, 0.1) is 11.8 Å². The van der Waals surface area contributed by atoms with Crippen molar-refractivity contribution in [1.29, 1.82) is 0 Å². The van der Waals surface area contributed by atoms with Gasteiger partial charge in [-0.05, 0) is 45.0 Å². The lowest BCUT2D eigenvalue weighted by Crippen LogP contribution is -2.40. The number of fused-ring (bicyclic) bond motifs is 1. The standard InChI is InChI=1S/C20H29N3O2/c1-4-14-7-5-6-8-17(14)21-19(24)23-12-16-15(11-22(2)3)18-9-10-20(16,13-23)25-18/h5-8,15-16,18H,4,9-13H2,1-3H3,(H,21,24)/t15-,16+,18+,20+/m0/s1. The van der Waals surface area contributed by atoms with Gasteiger partial charge in [0.05, 0.1) is 18.2 Å². The number of nitrogens with one attached hydrogen (secondary N) is 1. The van der Waals surface area contributed by atoms with Gasteiger partial charge < -0.3 is 19.9 Å². The van der Waals surface area contributed by atoms with Gasteiger partial charge in [0.25, 0.3) is 0 Å². The van der Waals surface area contributed by atoms with Crippen molar-refractivity contribution >= 4 is 11.7 Å². The Hall–Kier alpha value is -1.59. The lowest BCUT2D eigenvalue weighted by molar-refractivity contribution is 0.00534. The highest BCUT2D eigenvalue weighted by atomic mass is 16.5. The number of ether oxygens (including phenoxy) is 1. The van der Waals surface area contributed by atoms with Gasteiger partial charge in [0.2, 0.25) is 0 Å². The second-order valence-corrected chi connectivity index (χ2v) is 8.11. The number of anilines is 1. The van der Waals surface area contributed by atoms with Crippen LogP contribution in [0.15, 0.2) is 24.3 Å². The average Bonchev–Trinajstić information content (AvgIpc) is 3.24. The summed E-state index contributed by atoms with van der Waals surface area (Å²) in [7, 11) is 4.25. The monoisotopic (exact) mass is 343 g/mol. The van der Waals surface area contributed by atoms with Crippen LogP contribution in [0.2, 0.25) is 0 Å². The van der Waals surface area contributed by atoms with Gasteiger partial charge in [-0.3, -0.25) is 0 Å². The van der Waals surface area contributed by atoms with Crippen molar-refractivity contribution in [3.63, 3.8) is 0 Å². The maximum absolute atomic E-state index is 12.9. The van der Waals surface area contributed by atoms with Gasteiger partial charge in [0.15, 0.2) is 0 Å². The first-order valence-electron chi connectivity index (χ1n) is 9.49. The summed E-state index contributed by atoms with van der Waals surface area (Å²) in [5.74, 6) is 1.02. The van der Waals surface area contributed by atoms with Crippen LogP contribution in [-0.2, 0) is 11.2 Å². The molecule has 3 saturated heterocycles. The van der Waals surface area contributed by atoms with E-state index < -0.39 is 0 Å². The lowest BCUT2D eigenvalue weighted by atomic mass is 9.73. The van der Waals surface area contributed by atoms with Gasteiger partial charge in [-0.25, -0.2) is 4.79 Å². The second kappa shape index (κ2) is 6.29. The Morgan fingerprint density at radius 2 is 2.20 bits per heavy atom. The smallest absolute Gasteiger partial charge is 0.321 e. The number of amides is 2. The number of carbonyl (C=O) groups excluding carboxylic acids is 1. The predicted molar refractivity (Wildman–Crippen MR) is 98.8 cm³/mol. The summed E-state index contributed by atoms with van der Waals surface area (Å²) in [6.45, 7) is 4.71. The second-order valence-electron chi connectivity index (χ2n) is 8.11. The van der Waals surface area contributed by atoms with Crippen LogP contribution in [0.3, 0.4) is 0 Å². The first kappa shape index (κ1) is 16.9. The molecule has 3 aliphatic rings. The topological polar surface area (TPSA) is 44.8 Å². The molecular formula is C20H29N3O2. The van der Waals surface area contributed by atoms with Crippen LogP contribution in [0.5, 0.6) is 0 Å². The molecule has 4 rings (SSSR count). The van der Waals surface area contributed by atoms with Crippen LogP contribution >= 0.6 is 0 Å². The number of rotatable bonds is 4. The lowest BCUT2D eigenvalue weighted by Gasteiger charge is -2.30. The molecule has 1 aromatic carbocycles. The molecule has 2 bridgehead atoms. The van der Waals surface area contributed by atoms with Crippen LogP contribution in [-0.4, -0.2) is 61.3 Å². The molecule has 3 heterocycles. The van der Waals surface area contributed by atoms with Crippen LogP contribution in [0.1, 0.15) is 25.3 Å². The Kier molecular flexibility index (Phi) is 4.24. The molecule has 2 amide bonds. The fourth-order valence-corrected chi connectivity index (χ4v) is 5.16. The third-order valence-electron chi connectivity index (χ3n) is 6.29. The van der Waals surface area contributed by atoms with Crippen molar-refractivity contribution in [2.45, 2.75) is 37.9 Å². The summed E-state index contributed by atoms with van der Waals surface area (Å²) in [5, 5.41) is 3.12. The number of benzene rings is 1. The minimum absolute atomic E-state index is 0.0142. The first-order chi connectivity index (χ1) is 12.0. The van der Waals surface area contributed by atoms with Crippen molar-refractivity contribution < 1.29 is 9.53 Å². The van der Waals surface area contributed by atoms with Gasteiger partial charge in [-0.1, -0.05) is 25.1 Å². The fraction of sp³-hybridized carbons (Fsp3) is 0.650. The van der Waals surface area contributed by atoms with Gasteiger partial charge in [0.1, 0.15) is 0 Å². The molecular weight excluding hydrogens is 314 g/mol. The summed E-state index contributed by atoms with van der Waals surface area (Å²) in [5.41, 5.74) is 2.02. The summed E-state index contributed by atoms with van der Waals surface area (Å²) in [6.07, 6.45) is 3.54. The molecule has 0 aromatic heterocycles. The Balaban J connectivity index is 1.47. The molecule has 3 fully saturated rings. The number of nitrogens with zero attached hydrogens (tertiary/aromatic N) is 2. The van der Waals surface area contributed by atoms with E-state index in [1.165, 1.54) is 5.56 Å². The van der Waals surface area contributed by atoms with E-state index in [2.05, 4.69) is 37.3 Å². The Morgan fingerprint density at radius 3 is 2.96 bits per heavy atom. The van der Waals surface area contributed by atoms with E-state index in [1.54, 1.807) is 0 Å². The maximum Gasteiger partial charge on any atom is 0.321 e. The molecule has 0 aliphatic carbocycles. The van der Waals surface area contributed by atoms with E-state index in [0.717, 1.165) is 44.6 Å². The van der Waals surface area contributed by atoms with E-state index in [-0.39, 0.29) is 11.6 Å². The molecule has 136 valence electrons. The maximum atomic E-state index is 12.9. The van der Waals surface area contributed by atoms with Crippen molar-refractivity contribution in [2.75, 3.05) is 39.0 Å². The van der Waals surface area contributed by atoms with Crippen molar-refractivity contribution in [3.8, 4) is 0 Å². The van der Waals surface area contributed by atoms with E-state index in [4.69, 9.17) is 4.74 Å². The molecule has 5 nitrogen and oxygen atoms in total. The number of carbonyl (C=O) groups is 1. The Labute approximate surface area is 150 Å². The van der Waals surface area contributed by atoms with E-state index in [1.807, 2.05) is 23.1 Å². The zero-order chi connectivity index (χ0) is 17.6. The van der Waals surface area contributed by atoms with Crippen LogP contribution in [0.25, 0.3) is 0 Å². The van der Waals surface area contributed by atoms with Crippen molar-refractivity contribution in [1.82, 2.24) is 9.80 Å². The highest BCUT2D eigenvalue weighted by Gasteiger charge is 2.63. The molecule has 1 aromatic rings. The number of hydrogen-bond donors (Lipinski definition) is 1. The number of likely N-dealkylation sites (tertiary alicyclic amines) is 1. The highest BCUT2D eigenvalue weighted by Crippen LogP contribution is 2.54. The van der Waals surface area contributed by atoms with Gasteiger partial charge in [-0.15, -0.1) is 0 Å². The van der Waals surface area contributed by atoms with E-state index in [0.29, 0.717) is 17.9 Å². The molecule has 0 saturated carbocycles. The number of para-hydroxylation sites is 1. The highest BCUT2D eigenvalue weighted by molar-refractivity contribution is 5.90. The van der Waals surface area contributed by atoms with Crippen LogP contribution in [0.4, 0.5) is 10.5 Å².